The number of piperidine rings is 1. The van der Waals surface area contributed by atoms with Gasteiger partial charge < -0.3 is 15.5 Å². The molecule has 8 heteroatoms. The molecule has 5 nitrogen and oxygen atoms in total. The summed E-state index contributed by atoms with van der Waals surface area (Å²) in [4.78, 5) is 27.9. The van der Waals surface area contributed by atoms with E-state index in [9.17, 15) is 9.59 Å². The Balaban J connectivity index is 0.00000210. The molecule has 1 unspecified atom stereocenters. The number of anilines is 1. The lowest BCUT2D eigenvalue weighted by molar-refractivity contribution is -0.133. The summed E-state index contributed by atoms with van der Waals surface area (Å²) in [5.74, 6) is 0.851. The van der Waals surface area contributed by atoms with Crippen molar-refractivity contribution in [1.82, 2.24) is 10.2 Å². The Morgan fingerprint density at radius 1 is 1.26 bits per heavy atom. The average molecular weight is 430 g/mol. The summed E-state index contributed by atoms with van der Waals surface area (Å²) in [5.41, 5.74) is 0.735. The first-order chi connectivity index (χ1) is 12.6. The molecule has 3 aliphatic rings. The Bertz CT molecular complexity index is 706. The summed E-state index contributed by atoms with van der Waals surface area (Å²) in [7, 11) is 0. The van der Waals surface area contributed by atoms with Crippen LogP contribution in [0.4, 0.5) is 5.69 Å². The van der Waals surface area contributed by atoms with Crippen LogP contribution in [0.1, 0.15) is 32.1 Å². The number of hydrogen-bond donors (Lipinski definition) is 2. The largest absolute Gasteiger partial charge is 0.343 e. The molecule has 2 aliphatic heterocycles. The Morgan fingerprint density at radius 2 is 2.00 bits per heavy atom. The van der Waals surface area contributed by atoms with Gasteiger partial charge in [0.25, 0.3) is 0 Å². The van der Waals surface area contributed by atoms with Gasteiger partial charge in [-0.05, 0) is 56.3 Å². The van der Waals surface area contributed by atoms with Crippen molar-refractivity contribution in [3.63, 3.8) is 0 Å². The van der Waals surface area contributed by atoms with Gasteiger partial charge in [-0.25, -0.2) is 0 Å². The van der Waals surface area contributed by atoms with E-state index in [1.54, 1.807) is 6.07 Å². The minimum absolute atomic E-state index is 0. The third-order valence-electron chi connectivity index (χ3n) is 5.36. The first kappa shape index (κ1) is 20.8. The van der Waals surface area contributed by atoms with Crippen LogP contribution in [0.25, 0.3) is 0 Å². The fourth-order valence-corrected chi connectivity index (χ4v) is 4.79. The summed E-state index contributed by atoms with van der Waals surface area (Å²) < 4.78 is 0. The van der Waals surface area contributed by atoms with E-state index < -0.39 is 0 Å². The van der Waals surface area contributed by atoms with Gasteiger partial charge >= 0.3 is 0 Å². The van der Waals surface area contributed by atoms with Crippen molar-refractivity contribution in [3.05, 3.63) is 23.2 Å². The van der Waals surface area contributed by atoms with Gasteiger partial charge in [-0.3, -0.25) is 9.59 Å². The van der Waals surface area contributed by atoms with Gasteiger partial charge in [0.1, 0.15) is 0 Å². The number of likely N-dealkylation sites (tertiary alicyclic amines) is 1. The van der Waals surface area contributed by atoms with Gasteiger partial charge in [0.2, 0.25) is 11.8 Å². The number of benzene rings is 1. The highest BCUT2D eigenvalue weighted by Crippen LogP contribution is 2.38. The van der Waals surface area contributed by atoms with E-state index in [4.69, 9.17) is 11.6 Å². The predicted molar refractivity (Wildman–Crippen MR) is 112 cm³/mol. The number of nitrogens with zero attached hydrogens (tertiary/aromatic N) is 1. The fourth-order valence-electron chi connectivity index (χ4n) is 3.53. The van der Waals surface area contributed by atoms with E-state index in [-0.39, 0.29) is 35.9 Å². The molecule has 1 aliphatic carbocycles. The molecule has 2 amide bonds. The van der Waals surface area contributed by atoms with E-state index in [0.717, 1.165) is 49.0 Å². The Morgan fingerprint density at radius 3 is 2.70 bits per heavy atom. The highest BCUT2D eigenvalue weighted by atomic mass is 35.5. The van der Waals surface area contributed by atoms with Crippen LogP contribution in [0.3, 0.4) is 0 Å². The molecular weight excluding hydrogens is 405 g/mol. The Labute approximate surface area is 175 Å². The molecule has 2 N–H and O–H groups in total. The zero-order chi connectivity index (χ0) is 18.1. The van der Waals surface area contributed by atoms with E-state index in [1.807, 2.05) is 17.0 Å². The third-order valence-corrected chi connectivity index (χ3v) is 6.87. The maximum absolute atomic E-state index is 12.7. The van der Waals surface area contributed by atoms with Crippen molar-refractivity contribution in [2.24, 2.45) is 5.92 Å². The zero-order valence-electron chi connectivity index (χ0n) is 15.1. The molecule has 1 aromatic rings. The quantitative estimate of drug-likeness (QED) is 0.750. The number of nitrogens with one attached hydrogen (secondary N) is 2. The fraction of sp³-hybridized carbons (Fsp3) is 0.579. The number of carbonyl (C=O) groups is 2. The van der Waals surface area contributed by atoms with Crippen LogP contribution in [0.5, 0.6) is 0 Å². The summed E-state index contributed by atoms with van der Waals surface area (Å²) in [6.07, 6.45) is 4.98. The van der Waals surface area contributed by atoms with E-state index in [0.29, 0.717) is 11.1 Å². The third kappa shape index (κ3) is 5.31. The standard InChI is InChI=1S/C19H24ClN3O2S.ClH/c20-13-3-4-16-15(9-13)22-19(25)17(26-16)10-18(24)23-7-5-14(6-8-23)21-11-12-1-2-12;/h3-4,9,12,14,17,21H,1-2,5-8,10-11H2,(H,22,25);1H. The summed E-state index contributed by atoms with van der Waals surface area (Å²) in [6.45, 7) is 2.69. The molecule has 0 spiro atoms. The van der Waals surface area contributed by atoms with Crippen LogP contribution >= 0.6 is 35.8 Å². The number of fused-ring (bicyclic) bond motifs is 1. The lowest BCUT2D eigenvalue weighted by Crippen LogP contribution is -2.46. The average Bonchev–Trinajstić information content (AvgIpc) is 3.45. The number of thioether (sulfide) groups is 1. The second-order valence-electron chi connectivity index (χ2n) is 7.45. The number of halogens is 2. The Hall–Kier alpha value is -0.950. The van der Waals surface area contributed by atoms with Crippen LogP contribution in [0, 0.1) is 5.92 Å². The van der Waals surface area contributed by atoms with Crippen LogP contribution in [0.2, 0.25) is 5.02 Å². The van der Waals surface area contributed by atoms with Crippen LogP contribution in [-0.4, -0.2) is 47.6 Å². The highest BCUT2D eigenvalue weighted by Gasteiger charge is 2.32. The highest BCUT2D eigenvalue weighted by molar-refractivity contribution is 8.01. The van der Waals surface area contributed by atoms with E-state index in [2.05, 4.69) is 10.6 Å². The number of carbonyl (C=O) groups excluding carboxylic acids is 2. The SMILES string of the molecule is Cl.O=C1Nc2cc(Cl)ccc2SC1CC(=O)N1CCC(NCC2CC2)CC1. The molecule has 2 heterocycles. The van der Waals surface area contributed by atoms with Crippen molar-refractivity contribution in [2.45, 2.75) is 48.3 Å². The predicted octanol–water partition coefficient (Wildman–Crippen LogP) is 3.56. The van der Waals surface area contributed by atoms with Crippen molar-refractivity contribution in [1.29, 1.82) is 0 Å². The molecule has 4 rings (SSSR count). The lowest BCUT2D eigenvalue weighted by Gasteiger charge is -2.33. The van der Waals surface area contributed by atoms with Crippen LogP contribution in [0.15, 0.2) is 23.1 Å². The molecule has 1 saturated heterocycles. The minimum atomic E-state index is -0.373. The normalized spacial score (nSPS) is 22.6. The van der Waals surface area contributed by atoms with Crippen molar-refractivity contribution in [2.75, 3.05) is 25.0 Å². The van der Waals surface area contributed by atoms with E-state index in [1.165, 1.54) is 24.6 Å². The maximum atomic E-state index is 12.7. The number of rotatable bonds is 5. The van der Waals surface area contributed by atoms with Gasteiger partial charge in [-0.1, -0.05) is 11.6 Å². The molecule has 0 bridgehead atoms. The molecule has 2 fully saturated rings. The molecule has 0 radical (unpaired) electrons. The summed E-state index contributed by atoms with van der Waals surface area (Å²) in [5, 5.41) is 6.73. The summed E-state index contributed by atoms with van der Waals surface area (Å²) in [6, 6.07) is 5.99. The molecule has 1 aromatic carbocycles. The molecule has 1 atom stereocenters. The monoisotopic (exact) mass is 429 g/mol. The van der Waals surface area contributed by atoms with Gasteiger partial charge in [0.15, 0.2) is 0 Å². The first-order valence-electron chi connectivity index (χ1n) is 9.37. The van der Waals surface area contributed by atoms with E-state index >= 15 is 0 Å². The minimum Gasteiger partial charge on any atom is -0.343 e. The van der Waals surface area contributed by atoms with Crippen molar-refractivity contribution < 1.29 is 9.59 Å². The number of amides is 2. The van der Waals surface area contributed by atoms with Gasteiger partial charge in [0.05, 0.1) is 10.9 Å². The molecule has 148 valence electrons. The molecule has 27 heavy (non-hydrogen) atoms. The van der Waals surface area contributed by atoms with Gasteiger partial charge in [-0.2, -0.15) is 0 Å². The Kier molecular flexibility index (Phi) is 6.95. The maximum Gasteiger partial charge on any atom is 0.238 e. The molecule has 0 aromatic heterocycles. The van der Waals surface area contributed by atoms with Gasteiger partial charge in [-0.15, -0.1) is 24.2 Å². The smallest absolute Gasteiger partial charge is 0.238 e. The van der Waals surface area contributed by atoms with Crippen LogP contribution < -0.4 is 10.6 Å². The van der Waals surface area contributed by atoms with Gasteiger partial charge in [0, 0.05) is 35.5 Å². The molecular formula is C19H25Cl2N3O2S. The lowest BCUT2D eigenvalue weighted by atomic mass is 10.0. The molecule has 1 saturated carbocycles. The zero-order valence-corrected chi connectivity index (χ0v) is 17.5. The second kappa shape index (κ2) is 9.03. The van der Waals surface area contributed by atoms with Crippen molar-refractivity contribution in [3.8, 4) is 0 Å². The first-order valence-corrected chi connectivity index (χ1v) is 10.6. The number of hydrogen-bond acceptors (Lipinski definition) is 4. The van der Waals surface area contributed by atoms with Crippen molar-refractivity contribution >= 4 is 53.3 Å². The summed E-state index contributed by atoms with van der Waals surface area (Å²) >= 11 is 7.43. The van der Waals surface area contributed by atoms with Crippen LogP contribution in [-0.2, 0) is 9.59 Å². The topological polar surface area (TPSA) is 61.4 Å². The second-order valence-corrected chi connectivity index (χ2v) is 9.13.